The number of nitriles is 1. The topological polar surface area (TPSA) is 52.0 Å². The molecule has 0 aliphatic heterocycles. The third kappa shape index (κ3) is 3.28. The lowest BCUT2D eigenvalue weighted by molar-refractivity contribution is -0.137. The van der Waals surface area contributed by atoms with Crippen molar-refractivity contribution in [3.05, 3.63) is 47.7 Å². The molecule has 0 atom stereocenters. The van der Waals surface area contributed by atoms with Gasteiger partial charge >= 0.3 is 6.18 Å². The summed E-state index contributed by atoms with van der Waals surface area (Å²) in [6.07, 6.45) is -2.85. The van der Waals surface area contributed by atoms with Crippen LogP contribution in [-0.2, 0) is 6.18 Å². The van der Waals surface area contributed by atoms with Gasteiger partial charge in [0.1, 0.15) is 17.5 Å². The summed E-state index contributed by atoms with van der Waals surface area (Å²) in [7, 11) is 3.58. The molecule has 4 nitrogen and oxygen atoms in total. The molecule has 1 aromatic heterocycles. The quantitative estimate of drug-likeness (QED) is 0.937. The van der Waals surface area contributed by atoms with E-state index in [-0.39, 0.29) is 0 Å². The van der Waals surface area contributed by atoms with E-state index in [2.05, 4.69) is 16.4 Å². The summed E-state index contributed by atoms with van der Waals surface area (Å²) in [5, 5.41) is 12.1. The molecule has 0 saturated heterocycles. The summed E-state index contributed by atoms with van der Waals surface area (Å²) >= 11 is 0. The van der Waals surface area contributed by atoms with Crippen molar-refractivity contribution in [1.82, 2.24) is 4.98 Å². The van der Waals surface area contributed by atoms with Crippen LogP contribution in [0.3, 0.4) is 0 Å². The van der Waals surface area contributed by atoms with E-state index in [9.17, 15) is 18.4 Å². The van der Waals surface area contributed by atoms with Crippen molar-refractivity contribution < 1.29 is 13.2 Å². The van der Waals surface area contributed by atoms with E-state index in [1.54, 1.807) is 25.1 Å². The van der Waals surface area contributed by atoms with Gasteiger partial charge < -0.3 is 10.2 Å². The van der Waals surface area contributed by atoms with Gasteiger partial charge in [0.25, 0.3) is 0 Å². The predicted octanol–water partition coefficient (Wildman–Crippen LogP) is 3.78. The molecule has 22 heavy (non-hydrogen) atoms. The van der Waals surface area contributed by atoms with Crippen molar-refractivity contribution in [3.8, 4) is 6.07 Å². The van der Waals surface area contributed by atoms with Crippen molar-refractivity contribution in [2.75, 3.05) is 24.3 Å². The maximum atomic E-state index is 12.5. The zero-order chi connectivity index (χ0) is 16.3. The highest BCUT2D eigenvalue weighted by molar-refractivity contribution is 5.72. The number of nitrogens with zero attached hydrogens (tertiary/aromatic N) is 3. The van der Waals surface area contributed by atoms with Crippen LogP contribution in [0.4, 0.5) is 30.4 Å². The van der Waals surface area contributed by atoms with Gasteiger partial charge in [-0.25, -0.2) is 4.98 Å². The summed E-state index contributed by atoms with van der Waals surface area (Å²) < 4.78 is 37.6. The number of anilines is 3. The number of aromatic nitrogens is 1. The second-order valence-electron chi connectivity index (χ2n) is 4.76. The van der Waals surface area contributed by atoms with Gasteiger partial charge in [0.15, 0.2) is 0 Å². The third-order valence-corrected chi connectivity index (χ3v) is 3.00. The highest BCUT2D eigenvalue weighted by Crippen LogP contribution is 2.31. The lowest BCUT2D eigenvalue weighted by Gasteiger charge is -2.16. The zero-order valence-electron chi connectivity index (χ0n) is 11.9. The fourth-order valence-corrected chi connectivity index (χ4v) is 1.91. The SMILES string of the molecule is CN(C)c1ccnc(Nc2ccc(C(F)(F)F)cc2)c1C#N. The van der Waals surface area contributed by atoms with Crippen LogP contribution in [-0.4, -0.2) is 19.1 Å². The molecule has 2 aromatic rings. The Hall–Kier alpha value is -2.75. The molecule has 1 heterocycles. The number of hydrogen-bond donors (Lipinski definition) is 1. The molecule has 1 aromatic carbocycles. The Morgan fingerprint density at radius 2 is 1.77 bits per heavy atom. The minimum atomic E-state index is -4.38. The summed E-state index contributed by atoms with van der Waals surface area (Å²) in [6.45, 7) is 0. The lowest BCUT2D eigenvalue weighted by Crippen LogP contribution is -2.12. The van der Waals surface area contributed by atoms with Crippen molar-refractivity contribution >= 4 is 17.2 Å². The molecule has 0 unspecified atom stereocenters. The van der Waals surface area contributed by atoms with E-state index in [0.717, 1.165) is 12.1 Å². The molecule has 114 valence electrons. The van der Waals surface area contributed by atoms with Crippen LogP contribution in [0.1, 0.15) is 11.1 Å². The van der Waals surface area contributed by atoms with Crippen LogP contribution in [0.15, 0.2) is 36.5 Å². The number of halogens is 3. The number of pyridine rings is 1. The van der Waals surface area contributed by atoms with Crippen molar-refractivity contribution in [2.45, 2.75) is 6.18 Å². The van der Waals surface area contributed by atoms with Gasteiger partial charge in [-0.1, -0.05) is 0 Å². The van der Waals surface area contributed by atoms with Crippen LogP contribution in [0.25, 0.3) is 0 Å². The third-order valence-electron chi connectivity index (χ3n) is 3.00. The second-order valence-corrected chi connectivity index (χ2v) is 4.76. The molecule has 0 radical (unpaired) electrons. The van der Waals surface area contributed by atoms with Crippen LogP contribution in [0, 0.1) is 11.3 Å². The number of nitrogens with one attached hydrogen (secondary N) is 1. The van der Waals surface area contributed by atoms with Gasteiger partial charge in [-0.15, -0.1) is 0 Å². The van der Waals surface area contributed by atoms with Crippen molar-refractivity contribution in [2.24, 2.45) is 0 Å². The molecule has 2 rings (SSSR count). The number of rotatable bonds is 3. The second kappa shape index (κ2) is 5.93. The first kappa shape index (κ1) is 15.6. The van der Waals surface area contributed by atoms with E-state index >= 15 is 0 Å². The molecule has 1 N–H and O–H groups in total. The maximum Gasteiger partial charge on any atom is 0.416 e. The van der Waals surface area contributed by atoms with E-state index < -0.39 is 11.7 Å². The van der Waals surface area contributed by atoms with Crippen LogP contribution in [0.2, 0.25) is 0 Å². The van der Waals surface area contributed by atoms with Crippen LogP contribution >= 0.6 is 0 Å². The molecular formula is C15H13F3N4. The van der Waals surface area contributed by atoms with Gasteiger partial charge in [0.05, 0.1) is 11.3 Å². The molecule has 7 heteroatoms. The molecule has 0 spiro atoms. The van der Waals surface area contributed by atoms with Gasteiger partial charge in [0, 0.05) is 26.0 Å². The summed E-state index contributed by atoms with van der Waals surface area (Å²) in [5.74, 6) is 0.299. The zero-order valence-corrected chi connectivity index (χ0v) is 11.9. The minimum Gasteiger partial charge on any atom is -0.376 e. The van der Waals surface area contributed by atoms with Crippen molar-refractivity contribution in [1.29, 1.82) is 5.26 Å². The van der Waals surface area contributed by atoms with Crippen LogP contribution < -0.4 is 10.2 Å². The maximum absolute atomic E-state index is 12.5. The average Bonchev–Trinajstić information content (AvgIpc) is 2.46. The number of hydrogen-bond acceptors (Lipinski definition) is 4. The first-order valence-electron chi connectivity index (χ1n) is 6.33. The Labute approximate surface area is 125 Å². The highest BCUT2D eigenvalue weighted by atomic mass is 19.4. The molecule has 0 amide bonds. The molecule has 0 fully saturated rings. The highest BCUT2D eigenvalue weighted by Gasteiger charge is 2.29. The Balaban J connectivity index is 2.32. The Morgan fingerprint density at radius 1 is 1.14 bits per heavy atom. The molecule has 0 saturated carbocycles. The monoisotopic (exact) mass is 306 g/mol. The largest absolute Gasteiger partial charge is 0.416 e. The number of benzene rings is 1. The van der Waals surface area contributed by atoms with Gasteiger partial charge in [0.2, 0.25) is 0 Å². The first-order valence-corrected chi connectivity index (χ1v) is 6.33. The predicted molar refractivity (Wildman–Crippen MR) is 78.0 cm³/mol. The molecular weight excluding hydrogens is 293 g/mol. The van der Waals surface area contributed by atoms with Gasteiger partial charge in [-0.2, -0.15) is 18.4 Å². The molecule has 0 aliphatic carbocycles. The Bertz CT molecular complexity index is 700. The van der Waals surface area contributed by atoms with Crippen molar-refractivity contribution in [3.63, 3.8) is 0 Å². The van der Waals surface area contributed by atoms with E-state index in [1.165, 1.54) is 18.3 Å². The first-order chi connectivity index (χ1) is 10.3. The van der Waals surface area contributed by atoms with Gasteiger partial charge in [-0.3, -0.25) is 0 Å². The van der Waals surface area contributed by atoms with E-state index in [0.29, 0.717) is 22.8 Å². The smallest absolute Gasteiger partial charge is 0.376 e. The molecule has 0 bridgehead atoms. The lowest BCUT2D eigenvalue weighted by atomic mass is 10.2. The molecule has 0 aliphatic rings. The fourth-order valence-electron chi connectivity index (χ4n) is 1.91. The van der Waals surface area contributed by atoms with E-state index in [4.69, 9.17) is 0 Å². The summed E-state index contributed by atoms with van der Waals surface area (Å²) in [4.78, 5) is 5.84. The normalized spacial score (nSPS) is 10.9. The Morgan fingerprint density at radius 3 is 2.27 bits per heavy atom. The summed E-state index contributed by atoms with van der Waals surface area (Å²) in [5.41, 5.74) is 0.695. The van der Waals surface area contributed by atoms with E-state index in [1.807, 2.05) is 0 Å². The standard InChI is InChI=1S/C15H13F3N4/c1-22(2)13-7-8-20-14(12(13)9-19)21-11-5-3-10(4-6-11)15(16,17)18/h3-8H,1-2H3,(H,20,21). The number of alkyl halides is 3. The fraction of sp³-hybridized carbons (Fsp3) is 0.200. The average molecular weight is 306 g/mol. The van der Waals surface area contributed by atoms with Gasteiger partial charge in [-0.05, 0) is 30.3 Å². The van der Waals surface area contributed by atoms with Crippen LogP contribution in [0.5, 0.6) is 0 Å². The minimum absolute atomic E-state index is 0.299. The Kier molecular flexibility index (Phi) is 4.22. The summed E-state index contributed by atoms with van der Waals surface area (Å²) in [6, 6.07) is 8.30.